The van der Waals surface area contributed by atoms with Crippen molar-refractivity contribution in [2.45, 2.75) is 32.6 Å². The van der Waals surface area contributed by atoms with Crippen molar-refractivity contribution in [3.8, 4) is 0 Å². The average molecular weight is 216 g/mol. The lowest BCUT2D eigenvalue weighted by Crippen LogP contribution is -2.31. The van der Waals surface area contributed by atoms with Crippen molar-refractivity contribution < 1.29 is 9.90 Å². The first-order valence-electron chi connectivity index (χ1n) is 5.76. The van der Waals surface area contributed by atoms with Crippen molar-refractivity contribution in [2.24, 2.45) is 5.92 Å². The lowest BCUT2D eigenvalue weighted by molar-refractivity contribution is -0.121. The van der Waals surface area contributed by atoms with E-state index in [4.69, 9.17) is 5.11 Å². The maximum Gasteiger partial charge on any atom is 0.221 e. The van der Waals surface area contributed by atoms with Gasteiger partial charge in [-0.3, -0.25) is 4.79 Å². The fraction of sp³-hybridized carbons (Fsp3) is 0.909. The molecule has 0 aliphatic carbocycles. The number of nitrogens with one attached hydrogen (secondary N) is 2. The summed E-state index contributed by atoms with van der Waals surface area (Å²) < 4.78 is 0. The summed E-state index contributed by atoms with van der Waals surface area (Å²) in [6.07, 6.45) is 3.46. The highest BCUT2D eigenvalue weighted by Crippen LogP contribution is 2.09. The summed E-state index contributed by atoms with van der Waals surface area (Å²) in [4.78, 5) is 11.3. The van der Waals surface area contributed by atoms with Gasteiger partial charge in [-0.15, -0.1) is 0 Å². The Morgan fingerprint density at radius 2 is 2.13 bits per heavy atom. The zero-order valence-electron chi connectivity index (χ0n) is 9.88. The van der Waals surface area contributed by atoms with Gasteiger partial charge in [-0.25, -0.2) is 0 Å². The van der Waals surface area contributed by atoms with E-state index in [1.54, 1.807) is 0 Å². The molecule has 0 saturated heterocycles. The van der Waals surface area contributed by atoms with Gasteiger partial charge in [0.2, 0.25) is 5.91 Å². The molecule has 15 heavy (non-hydrogen) atoms. The van der Waals surface area contributed by atoms with Crippen LogP contribution in [0.5, 0.6) is 0 Å². The van der Waals surface area contributed by atoms with Crippen LogP contribution in [0.3, 0.4) is 0 Å². The molecule has 0 aliphatic heterocycles. The Morgan fingerprint density at radius 3 is 2.67 bits per heavy atom. The second kappa shape index (κ2) is 9.93. The molecule has 0 saturated carbocycles. The molecular weight excluding hydrogens is 192 g/mol. The summed E-state index contributed by atoms with van der Waals surface area (Å²) in [7, 11) is 1.83. The van der Waals surface area contributed by atoms with Gasteiger partial charge in [0.15, 0.2) is 0 Å². The summed E-state index contributed by atoms with van der Waals surface area (Å²) in [6.45, 7) is 3.73. The van der Waals surface area contributed by atoms with Crippen LogP contribution in [0.4, 0.5) is 0 Å². The van der Waals surface area contributed by atoms with Gasteiger partial charge in [-0.1, -0.05) is 13.3 Å². The summed E-state index contributed by atoms with van der Waals surface area (Å²) in [6, 6.07) is 0. The second-order valence-corrected chi connectivity index (χ2v) is 3.82. The molecule has 1 amide bonds. The minimum atomic E-state index is 0.0865. The van der Waals surface area contributed by atoms with Gasteiger partial charge in [-0.2, -0.15) is 0 Å². The smallest absolute Gasteiger partial charge is 0.221 e. The summed E-state index contributed by atoms with van der Waals surface area (Å²) in [5, 5.41) is 14.7. The SMILES string of the molecule is CCCC(CCO)CNC(=O)CCNC. The molecule has 0 rings (SSSR count). The largest absolute Gasteiger partial charge is 0.396 e. The van der Waals surface area contributed by atoms with Crippen molar-refractivity contribution in [2.75, 3.05) is 26.7 Å². The highest BCUT2D eigenvalue weighted by molar-refractivity contribution is 5.76. The fourth-order valence-electron chi connectivity index (χ4n) is 1.52. The van der Waals surface area contributed by atoms with E-state index in [9.17, 15) is 4.79 Å². The second-order valence-electron chi connectivity index (χ2n) is 3.82. The molecule has 0 radical (unpaired) electrons. The quantitative estimate of drug-likeness (QED) is 0.526. The Balaban J connectivity index is 3.62. The zero-order chi connectivity index (χ0) is 11.5. The van der Waals surface area contributed by atoms with Crippen LogP contribution in [0, 0.1) is 5.92 Å². The van der Waals surface area contributed by atoms with Gasteiger partial charge >= 0.3 is 0 Å². The fourth-order valence-corrected chi connectivity index (χ4v) is 1.52. The van der Waals surface area contributed by atoms with Crippen LogP contribution in [0.1, 0.15) is 32.6 Å². The van der Waals surface area contributed by atoms with Crippen LogP contribution < -0.4 is 10.6 Å². The summed E-state index contributed by atoms with van der Waals surface area (Å²) >= 11 is 0. The van der Waals surface area contributed by atoms with E-state index in [1.807, 2.05) is 7.05 Å². The highest BCUT2D eigenvalue weighted by Gasteiger charge is 2.08. The predicted molar refractivity (Wildman–Crippen MR) is 61.7 cm³/mol. The van der Waals surface area contributed by atoms with E-state index in [1.165, 1.54) is 0 Å². The molecule has 1 atom stereocenters. The summed E-state index contributed by atoms with van der Waals surface area (Å²) in [5.74, 6) is 0.502. The predicted octanol–water partition coefficient (Wildman–Crippen LogP) is 0.511. The number of hydrogen-bond donors (Lipinski definition) is 3. The molecular formula is C11H24N2O2. The maximum absolute atomic E-state index is 11.3. The van der Waals surface area contributed by atoms with Gasteiger partial charge in [0.25, 0.3) is 0 Å². The van der Waals surface area contributed by atoms with E-state index in [-0.39, 0.29) is 12.5 Å². The van der Waals surface area contributed by atoms with Gasteiger partial charge in [0, 0.05) is 26.1 Å². The summed E-state index contributed by atoms with van der Waals surface area (Å²) in [5.41, 5.74) is 0. The first kappa shape index (κ1) is 14.4. The van der Waals surface area contributed by atoms with Gasteiger partial charge in [0.05, 0.1) is 0 Å². The third-order valence-electron chi connectivity index (χ3n) is 2.42. The number of carbonyl (C=O) groups is 1. The van der Waals surface area contributed by atoms with E-state index in [0.29, 0.717) is 25.4 Å². The normalized spacial score (nSPS) is 12.5. The van der Waals surface area contributed by atoms with Crippen molar-refractivity contribution in [3.05, 3.63) is 0 Å². The number of aliphatic hydroxyl groups is 1. The average Bonchev–Trinajstić information content (AvgIpc) is 2.23. The number of rotatable bonds is 9. The lowest BCUT2D eigenvalue weighted by Gasteiger charge is -2.15. The van der Waals surface area contributed by atoms with Crippen LogP contribution in [0.2, 0.25) is 0 Å². The standard InChI is InChI=1S/C11H24N2O2/c1-3-4-10(6-8-14)9-13-11(15)5-7-12-2/h10,12,14H,3-9H2,1-2H3,(H,13,15). The van der Waals surface area contributed by atoms with Crippen LogP contribution in [0.25, 0.3) is 0 Å². The van der Waals surface area contributed by atoms with E-state index >= 15 is 0 Å². The van der Waals surface area contributed by atoms with Gasteiger partial charge < -0.3 is 15.7 Å². The number of aliphatic hydroxyl groups excluding tert-OH is 1. The van der Waals surface area contributed by atoms with Crippen molar-refractivity contribution >= 4 is 5.91 Å². The molecule has 4 heteroatoms. The van der Waals surface area contributed by atoms with Crippen LogP contribution in [-0.2, 0) is 4.79 Å². The molecule has 0 spiro atoms. The highest BCUT2D eigenvalue weighted by atomic mass is 16.3. The van der Waals surface area contributed by atoms with E-state index in [0.717, 1.165) is 19.3 Å². The maximum atomic E-state index is 11.3. The third kappa shape index (κ3) is 8.39. The number of amides is 1. The van der Waals surface area contributed by atoms with Crippen molar-refractivity contribution in [1.29, 1.82) is 0 Å². The molecule has 0 aromatic rings. The molecule has 4 nitrogen and oxygen atoms in total. The zero-order valence-corrected chi connectivity index (χ0v) is 9.88. The topological polar surface area (TPSA) is 61.4 Å². The van der Waals surface area contributed by atoms with Crippen LogP contribution in [0.15, 0.2) is 0 Å². The third-order valence-corrected chi connectivity index (χ3v) is 2.42. The Morgan fingerprint density at radius 1 is 1.40 bits per heavy atom. The number of hydrogen-bond acceptors (Lipinski definition) is 3. The molecule has 1 unspecified atom stereocenters. The van der Waals surface area contributed by atoms with E-state index < -0.39 is 0 Å². The minimum absolute atomic E-state index is 0.0865. The van der Waals surface area contributed by atoms with Crippen LogP contribution in [-0.4, -0.2) is 37.8 Å². The lowest BCUT2D eigenvalue weighted by atomic mass is 10.0. The van der Waals surface area contributed by atoms with Gasteiger partial charge in [0.1, 0.15) is 0 Å². The first-order valence-corrected chi connectivity index (χ1v) is 5.76. The molecule has 0 fully saturated rings. The Labute approximate surface area is 92.4 Å². The molecule has 3 N–H and O–H groups in total. The minimum Gasteiger partial charge on any atom is -0.396 e. The molecule has 0 aromatic carbocycles. The van der Waals surface area contributed by atoms with E-state index in [2.05, 4.69) is 17.6 Å². The Bertz CT molecular complexity index is 157. The Kier molecular flexibility index (Phi) is 9.52. The molecule has 0 heterocycles. The molecule has 0 aliphatic rings. The van der Waals surface area contributed by atoms with Crippen molar-refractivity contribution in [3.63, 3.8) is 0 Å². The molecule has 90 valence electrons. The first-order chi connectivity index (χ1) is 7.24. The Hall–Kier alpha value is -0.610. The molecule has 0 aromatic heterocycles. The monoisotopic (exact) mass is 216 g/mol. The van der Waals surface area contributed by atoms with Crippen LogP contribution >= 0.6 is 0 Å². The molecule has 0 bridgehead atoms. The number of carbonyl (C=O) groups excluding carboxylic acids is 1. The van der Waals surface area contributed by atoms with Gasteiger partial charge in [-0.05, 0) is 25.8 Å². The van der Waals surface area contributed by atoms with Crippen molar-refractivity contribution in [1.82, 2.24) is 10.6 Å².